The largest absolute Gasteiger partial charge is 0.385 e. The van der Waals surface area contributed by atoms with E-state index < -0.39 is 14.6 Å². The first kappa shape index (κ1) is 18.5. The maximum absolute atomic E-state index is 12.1. The quantitative estimate of drug-likeness (QED) is 0.600. The molecule has 0 aromatic heterocycles. The van der Waals surface area contributed by atoms with E-state index >= 15 is 0 Å². The molecule has 2 rings (SSSR count). The van der Waals surface area contributed by atoms with Crippen LogP contribution in [0.25, 0.3) is 0 Å². The van der Waals surface area contributed by atoms with Gasteiger partial charge in [-0.1, -0.05) is 6.42 Å². The molecule has 0 aromatic carbocycles. The lowest BCUT2D eigenvalue weighted by atomic mass is 9.67. The van der Waals surface area contributed by atoms with Crippen LogP contribution < -0.4 is 5.32 Å². The molecule has 0 radical (unpaired) electrons. The number of methoxy groups -OCH3 is 1. The van der Waals surface area contributed by atoms with Crippen LogP contribution >= 0.6 is 0 Å². The smallest absolute Gasteiger partial charge is 0.193 e. The van der Waals surface area contributed by atoms with Gasteiger partial charge in [0.05, 0.1) is 10.5 Å². The molecular weight excluding hydrogens is 314 g/mol. The first-order valence-electron chi connectivity index (χ1n) is 8.42. The number of nitrogens with zero attached hydrogens (tertiary/aromatic N) is 2. The molecule has 0 spiro atoms. The molecular formula is C16H31N3O3S. The Kier molecular flexibility index (Phi) is 5.61. The summed E-state index contributed by atoms with van der Waals surface area (Å²) >= 11 is 0. The Morgan fingerprint density at radius 1 is 1.35 bits per heavy atom. The van der Waals surface area contributed by atoms with E-state index in [4.69, 9.17) is 4.74 Å². The van der Waals surface area contributed by atoms with Crippen LogP contribution in [0, 0.1) is 5.41 Å². The van der Waals surface area contributed by atoms with Crippen LogP contribution in [0.5, 0.6) is 0 Å². The molecule has 0 unspecified atom stereocenters. The Hall–Kier alpha value is -0.820. The Bertz CT molecular complexity index is 539. The predicted molar refractivity (Wildman–Crippen MR) is 93.6 cm³/mol. The molecule has 1 N–H and O–H groups in total. The van der Waals surface area contributed by atoms with E-state index in [1.807, 2.05) is 0 Å². The Labute approximate surface area is 140 Å². The van der Waals surface area contributed by atoms with Crippen molar-refractivity contribution in [1.82, 2.24) is 10.2 Å². The summed E-state index contributed by atoms with van der Waals surface area (Å²) in [4.78, 5) is 6.45. The summed E-state index contributed by atoms with van der Waals surface area (Å²) in [5, 5.41) is 3.48. The minimum Gasteiger partial charge on any atom is -0.385 e. The minimum atomic E-state index is -3.03. The maximum atomic E-state index is 12.1. The molecule has 1 saturated heterocycles. The molecule has 134 valence electrons. The lowest BCUT2D eigenvalue weighted by Crippen LogP contribution is -2.58. The number of aliphatic imine (C=N–C) groups is 1. The molecule has 1 aliphatic carbocycles. The van der Waals surface area contributed by atoms with Crippen molar-refractivity contribution in [3.8, 4) is 0 Å². The summed E-state index contributed by atoms with van der Waals surface area (Å²) < 4.78 is 28.8. The molecule has 1 heterocycles. The fraction of sp³-hybridized carbons (Fsp3) is 0.938. The van der Waals surface area contributed by atoms with Gasteiger partial charge in [0.2, 0.25) is 0 Å². The monoisotopic (exact) mass is 345 g/mol. The van der Waals surface area contributed by atoms with E-state index in [0.717, 1.165) is 25.5 Å². The highest BCUT2D eigenvalue weighted by Crippen LogP contribution is 2.43. The zero-order valence-corrected chi connectivity index (χ0v) is 15.7. The van der Waals surface area contributed by atoms with Gasteiger partial charge in [-0.15, -0.1) is 0 Å². The second kappa shape index (κ2) is 6.97. The molecule has 1 saturated carbocycles. The molecule has 0 bridgehead atoms. The summed E-state index contributed by atoms with van der Waals surface area (Å²) in [6.45, 7) is 6.26. The highest BCUT2D eigenvalue weighted by atomic mass is 32.2. The predicted octanol–water partition coefficient (Wildman–Crippen LogP) is 1.28. The van der Waals surface area contributed by atoms with Crippen molar-refractivity contribution in [2.45, 2.75) is 44.3 Å². The lowest BCUT2D eigenvalue weighted by Gasteiger charge is -2.44. The number of hydrogen-bond donors (Lipinski definition) is 1. The van der Waals surface area contributed by atoms with Gasteiger partial charge in [-0.3, -0.25) is 4.99 Å². The third-order valence-corrected chi connectivity index (χ3v) is 7.96. The third kappa shape index (κ3) is 3.99. The first-order valence-corrected chi connectivity index (χ1v) is 10.1. The summed E-state index contributed by atoms with van der Waals surface area (Å²) in [5.41, 5.74) is 0.309. The molecule has 0 atom stereocenters. The van der Waals surface area contributed by atoms with Crippen LogP contribution in [0.4, 0.5) is 0 Å². The number of hydrogen-bond acceptors (Lipinski definition) is 4. The number of ether oxygens (including phenoxy) is 1. The molecule has 2 fully saturated rings. The van der Waals surface area contributed by atoms with Gasteiger partial charge < -0.3 is 15.0 Å². The van der Waals surface area contributed by atoms with E-state index in [-0.39, 0.29) is 5.75 Å². The maximum Gasteiger partial charge on any atom is 0.193 e. The fourth-order valence-corrected chi connectivity index (χ4v) is 4.80. The van der Waals surface area contributed by atoms with Crippen molar-refractivity contribution >= 4 is 15.8 Å². The van der Waals surface area contributed by atoms with Crippen LogP contribution in [0.1, 0.15) is 39.5 Å². The van der Waals surface area contributed by atoms with Gasteiger partial charge in [0.1, 0.15) is 0 Å². The molecule has 23 heavy (non-hydrogen) atoms. The van der Waals surface area contributed by atoms with Gasteiger partial charge in [-0.05, 0) is 38.5 Å². The zero-order chi connectivity index (χ0) is 17.1. The fourth-order valence-electron chi connectivity index (χ4n) is 3.43. The Balaban J connectivity index is 1.96. The van der Waals surface area contributed by atoms with Crippen molar-refractivity contribution in [2.24, 2.45) is 10.4 Å². The summed E-state index contributed by atoms with van der Waals surface area (Å²) in [5.74, 6) is 1.01. The highest BCUT2D eigenvalue weighted by molar-refractivity contribution is 7.92. The van der Waals surface area contributed by atoms with Gasteiger partial charge in [0.15, 0.2) is 15.8 Å². The van der Waals surface area contributed by atoms with E-state index in [9.17, 15) is 8.42 Å². The Morgan fingerprint density at radius 2 is 2.04 bits per heavy atom. The summed E-state index contributed by atoms with van der Waals surface area (Å²) in [6, 6.07) is 0. The van der Waals surface area contributed by atoms with Crippen LogP contribution in [-0.4, -0.2) is 70.2 Å². The van der Waals surface area contributed by atoms with Crippen molar-refractivity contribution in [3.63, 3.8) is 0 Å². The van der Waals surface area contributed by atoms with E-state index in [1.54, 1.807) is 28.0 Å². The van der Waals surface area contributed by atoms with E-state index in [0.29, 0.717) is 18.5 Å². The third-order valence-electron chi connectivity index (χ3n) is 5.43. The minimum absolute atomic E-state index is 0.190. The van der Waals surface area contributed by atoms with Gasteiger partial charge in [0.25, 0.3) is 0 Å². The second-order valence-electron chi connectivity index (χ2n) is 7.50. The van der Waals surface area contributed by atoms with Gasteiger partial charge in [-0.25, -0.2) is 8.42 Å². The average Bonchev–Trinajstić information content (AvgIpc) is 2.44. The van der Waals surface area contributed by atoms with Gasteiger partial charge in [-0.2, -0.15) is 0 Å². The summed E-state index contributed by atoms with van der Waals surface area (Å²) in [6.07, 6.45) is 4.78. The SMILES string of the molecule is CN=C(NCC1(CCOC)CCC1)N1CCS(=O)(=O)C(C)(C)C1. The van der Waals surface area contributed by atoms with Crippen molar-refractivity contribution in [2.75, 3.05) is 46.2 Å². The molecule has 0 amide bonds. The highest BCUT2D eigenvalue weighted by Gasteiger charge is 2.42. The first-order chi connectivity index (χ1) is 10.8. The molecule has 7 heteroatoms. The molecule has 1 aliphatic heterocycles. The normalized spacial score (nSPS) is 25.7. The van der Waals surface area contributed by atoms with Crippen LogP contribution in [0.15, 0.2) is 4.99 Å². The van der Waals surface area contributed by atoms with Crippen molar-refractivity contribution in [3.05, 3.63) is 0 Å². The average molecular weight is 346 g/mol. The van der Waals surface area contributed by atoms with Crippen LogP contribution in [0.3, 0.4) is 0 Å². The molecule has 2 aliphatic rings. The second-order valence-corrected chi connectivity index (χ2v) is 10.2. The Morgan fingerprint density at radius 3 is 2.52 bits per heavy atom. The number of rotatable bonds is 5. The van der Waals surface area contributed by atoms with Crippen LogP contribution in [-0.2, 0) is 14.6 Å². The topological polar surface area (TPSA) is 71.0 Å². The van der Waals surface area contributed by atoms with Gasteiger partial charge in [0, 0.05) is 40.4 Å². The van der Waals surface area contributed by atoms with E-state index in [2.05, 4.69) is 15.2 Å². The lowest BCUT2D eigenvalue weighted by molar-refractivity contribution is 0.0726. The van der Waals surface area contributed by atoms with Crippen molar-refractivity contribution in [1.29, 1.82) is 0 Å². The standard InChI is InChI=1S/C16H31N3O3S/c1-15(2)13-19(9-11-23(15,20)21)14(17-3)18-12-16(6-5-7-16)8-10-22-4/h5-13H2,1-4H3,(H,17,18). The van der Waals surface area contributed by atoms with Gasteiger partial charge >= 0.3 is 0 Å². The molecule has 6 nitrogen and oxygen atoms in total. The van der Waals surface area contributed by atoms with Crippen molar-refractivity contribution < 1.29 is 13.2 Å². The van der Waals surface area contributed by atoms with Crippen LogP contribution in [0.2, 0.25) is 0 Å². The molecule has 0 aromatic rings. The number of guanidine groups is 1. The number of nitrogens with one attached hydrogen (secondary N) is 1. The van der Waals surface area contributed by atoms with E-state index in [1.165, 1.54) is 19.3 Å². The summed E-state index contributed by atoms with van der Waals surface area (Å²) in [7, 11) is 0.484. The zero-order valence-electron chi connectivity index (χ0n) is 14.9. The number of sulfone groups is 1.